The van der Waals surface area contributed by atoms with Gasteiger partial charge in [0.2, 0.25) is 0 Å². The van der Waals surface area contributed by atoms with Gasteiger partial charge in [0, 0.05) is 5.92 Å². The Kier molecular flexibility index (Phi) is 7.45. The molecule has 7 heteroatoms. The van der Waals surface area contributed by atoms with Crippen LogP contribution in [0.1, 0.15) is 25.0 Å². The van der Waals surface area contributed by atoms with E-state index in [1.807, 2.05) is 68.4 Å². The SMILES string of the molecule is COc1ccc(COC[C@@H](O)[C@H]2O[C@@H]3OC(C)(C)O[C@@H]3[C@@H]2COCc2ccccc2)cc1. The van der Waals surface area contributed by atoms with Crippen molar-refractivity contribution in [1.82, 2.24) is 0 Å². The Morgan fingerprint density at radius 1 is 0.938 bits per heavy atom. The second-order valence-corrected chi connectivity index (χ2v) is 8.66. The van der Waals surface area contributed by atoms with Crippen molar-refractivity contribution < 1.29 is 33.5 Å². The van der Waals surface area contributed by atoms with E-state index in [1.165, 1.54) is 0 Å². The van der Waals surface area contributed by atoms with E-state index in [9.17, 15) is 5.11 Å². The molecule has 0 amide bonds. The largest absolute Gasteiger partial charge is 0.497 e. The summed E-state index contributed by atoms with van der Waals surface area (Å²) in [6.45, 7) is 5.11. The molecule has 2 fully saturated rings. The third kappa shape index (κ3) is 5.67. The Morgan fingerprint density at radius 3 is 2.34 bits per heavy atom. The first kappa shape index (κ1) is 23.2. The smallest absolute Gasteiger partial charge is 0.188 e. The standard InChI is InChI=1S/C25H32O7/c1-25(2)31-23-20(15-28-13-17-7-5-4-6-8-17)22(30-24(23)32-25)21(26)16-29-14-18-9-11-19(27-3)12-10-18/h4-12,20-24,26H,13-16H2,1-3H3/t20-,21-,22+,23-,24-/m1/s1. The Labute approximate surface area is 189 Å². The van der Waals surface area contributed by atoms with E-state index in [0.717, 1.165) is 16.9 Å². The molecule has 1 N–H and O–H groups in total. The van der Waals surface area contributed by atoms with Crippen molar-refractivity contribution in [3.05, 3.63) is 65.7 Å². The number of ether oxygens (including phenoxy) is 6. The minimum Gasteiger partial charge on any atom is -0.497 e. The molecule has 0 saturated carbocycles. The Hall–Kier alpha value is -2.00. The van der Waals surface area contributed by atoms with Gasteiger partial charge in [-0.25, -0.2) is 0 Å². The number of methoxy groups -OCH3 is 1. The van der Waals surface area contributed by atoms with Gasteiger partial charge in [-0.2, -0.15) is 0 Å². The molecular formula is C25H32O7. The maximum atomic E-state index is 10.8. The summed E-state index contributed by atoms with van der Waals surface area (Å²) in [4.78, 5) is 0. The number of rotatable bonds is 10. The molecule has 2 aromatic rings. The molecule has 174 valence electrons. The van der Waals surface area contributed by atoms with Crippen LogP contribution in [0.3, 0.4) is 0 Å². The Bertz CT molecular complexity index is 839. The van der Waals surface area contributed by atoms with Gasteiger partial charge in [-0.15, -0.1) is 0 Å². The highest BCUT2D eigenvalue weighted by molar-refractivity contribution is 5.26. The molecule has 0 radical (unpaired) electrons. The third-order valence-electron chi connectivity index (χ3n) is 5.74. The van der Waals surface area contributed by atoms with Crippen molar-refractivity contribution in [2.45, 2.75) is 57.5 Å². The van der Waals surface area contributed by atoms with Gasteiger partial charge in [0.15, 0.2) is 12.1 Å². The molecule has 0 aliphatic carbocycles. The minimum atomic E-state index is -0.834. The van der Waals surface area contributed by atoms with Crippen LogP contribution in [0.15, 0.2) is 54.6 Å². The molecule has 0 bridgehead atoms. The second-order valence-electron chi connectivity index (χ2n) is 8.66. The summed E-state index contributed by atoms with van der Waals surface area (Å²) in [5, 5.41) is 10.8. The van der Waals surface area contributed by atoms with Crippen LogP contribution in [-0.2, 0) is 36.9 Å². The lowest BCUT2D eigenvalue weighted by Gasteiger charge is -2.28. The van der Waals surface area contributed by atoms with Crippen LogP contribution >= 0.6 is 0 Å². The molecule has 2 aromatic carbocycles. The number of benzene rings is 2. The molecular weight excluding hydrogens is 412 g/mol. The monoisotopic (exact) mass is 444 g/mol. The normalized spacial score (nSPS) is 27.2. The van der Waals surface area contributed by atoms with Gasteiger partial charge in [-0.1, -0.05) is 42.5 Å². The van der Waals surface area contributed by atoms with Crippen molar-refractivity contribution in [2.75, 3.05) is 20.3 Å². The molecule has 2 aliphatic heterocycles. The van der Waals surface area contributed by atoms with Gasteiger partial charge >= 0.3 is 0 Å². The molecule has 0 aromatic heterocycles. The molecule has 4 rings (SSSR count). The van der Waals surface area contributed by atoms with Gasteiger partial charge in [-0.05, 0) is 37.1 Å². The van der Waals surface area contributed by atoms with Crippen LogP contribution in [-0.4, -0.2) is 55.8 Å². The van der Waals surface area contributed by atoms with Gasteiger partial charge < -0.3 is 33.5 Å². The fourth-order valence-electron chi connectivity index (χ4n) is 4.16. The summed E-state index contributed by atoms with van der Waals surface area (Å²) >= 11 is 0. The Morgan fingerprint density at radius 2 is 1.62 bits per heavy atom. The molecule has 0 spiro atoms. The summed E-state index contributed by atoms with van der Waals surface area (Å²) in [6, 6.07) is 17.6. The maximum Gasteiger partial charge on any atom is 0.188 e. The van der Waals surface area contributed by atoms with Crippen molar-refractivity contribution in [3.8, 4) is 5.75 Å². The van der Waals surface area contributed by atoms with Crippen molar-refractivity contribution in [1.29, 1.82) is 0 Å². The van der Waals surface area contributed by atoms with E-state index in [0.29, 0.717) is 19.8 Å². The quantitative estimate of drug-likeness (QED) is 0.603. The molecule has 0 unspecified atom stereocenters. The second kappa shape index (κ2) is 10.3. The van der Waals surface area contributed by atoms with Crippen LogP contribution in [0.5, 0.6) is 5.75 Å². The summed E-state index contributed by atoms with van der Waals surface area (Å²) in [7, 11) is 1.63. The fraction of sp³-hybridized carbons (Fsp3) is 0.520. The maximum absolute atomic E-state index is 10.8. The minimum absolute atomic E-state index is 0.134. The van der Waals surface area contributed by atoms with Gasteiger partial charge in [0.1, 0.15) is 18.0 Å². The van der Waals surface area contributed by atoms with Crippen LogP contribution in [0.2, 0.25) is 0 Å². The third-order valence-corrected chi connectivity index (χ3v) is 5.74. The highest BCUT2D eigenvalue weighted by atomic mass is 16.8. The summed E-state index contributed by atoms with van der Waals surface area (Å²) in [5.41, 5.74) is 2.09. The van der Waals surface area contributed by atoms with E-state index >= 15 is 0 Å². The summed E-state index contributed by atoms with van der Waals surface area (Å²) < 4.78 is 34.9. The highest BCUT2D eigenvalue weighted by Gasteiger charge is 2.56. The molecule has 2 aliphatic rings. The molecule has 2 saturated heterocycles. The number of hydrogen-bond donors (Lipinski definition) is 1. The van der Waals surface area contributed by atoms with E-state index in [1.54, 1.807) is 7.11 Å². The molecule has 5 atom stereocenters. The van der Waals surface area contributed by atoms with Crippen LogP contribution in [0, 0.1) is 5.92 Å². The van der Waals surface area contributed by atoms with Crippen LogP contribution in [0.4, 0.5) is 0 Å². The first-order chi connectivity index (χ1) is 15.4. The topological polar surface area (TPSA) is 75.6 Å². The van der Waals surface area contributed by atoms with Crippen LogP contribution < -0.4 is 4.74 Å². The van der Waals surface area contributed by atoms with Crippen molar-refractivity contribution in [2.24, 2.45) is 5.92 Å². The van der Waals surface area contributed by atoms with Gasteiger partial charge in [-0.3, -0.25) is 0 Å². The zero-order chi connectivity index (χ0) is 22.6. The van der Waals surface area contributed by atoms with E-state index < -0.39 is 24.3 Å². The number of fused-ring (bicyclic) bond motifs is 1. The summed E-state index contributed by atoms with van der Waals surface area (Å²) in [5.74, 6) is -0.112. The lowest BCUT2D eigenvalue weighted by Crippen LogP contribution is -2.41. The molecule has 7 nitrogen and oxygen atoms in total. The van der Waals surface area contributed by atoms with E-state index in [2.05, 4.69) is 0 Å². The predicted octanol–water partition coefficient (Wildman–Crippen LogP) is 3.28. The number of aliphatic hydroxyl groups is 1. The van der Waals surface area contributed by atoms with Crippen LogP contribution in [0.25, 0.3) is 0 Å². The lowest BCUT2D eigenvalue weighted by molar-refractivity contribution is -0.225. The zero-order valence-corrected chi connectivity index (χ0v) is 18.8. The van der Waals surface area contributed by atoms with E-state index in [-0.39, 0.29) is 18.6 Å². The van der Waals surface area contributed by atoms with Crippen molar-refractivity contribution in [3.63, 3.8) is 0 Å². The zero-order valence-electron chi connectivity index (χ0n) is 18.8. The lowest BCUT2D eigenvalue weighted by atomic mass is 9.95. The van der Waals surface area contributed by atoms with Crippen molar-refractivity contribution >= 4 is 0 Å². The average Bonchev–Trinajstić information content (AvgIpc) is 3.27. The van der Waals surface area contributed by atoms with Gasteiger partial charge in [0.05, 0.1) is 39.6 Å². The average molecular weight is 445 g/mol. The summed E-state index contributed by atoms with van der Waals surface area (Å²) in [6.07, 6.45) is -2.18. The fourth-order valence-corrected chi connectivity index (χ4v) is 4.16. The molecule has 32 heavy (non-hydrogen) atoms. The van der Waals surface area contributed by atoms with Gasteiger partial charge in [0.25, 0.3) is 0 Å². The molecule has 2 heterocycles. The highest BCUT2D eigenvalue weighted by Crippen LogP contribution is 2.42. The van der Waals surface area contributed by atoms with E-state index in [4.69, 9.17) is 28.4 Å². The predicted molar refractivity (Wildman–Crippen MR) is 117 cm³/mol. The first-order valence-electron chi connectivity index (χ1n) is 11.0. The number of aliphatic hydroxyl groups excluding tert-OH is 1. The first-order valence-corrected chi connectivity index (χ1v) is 11.0. The Balaban J connectivity index is 1.33. The number of hydrogen-bond acceptors (Lipinski definition) is 7.